The third-order valence-corrected chi connectivity index (χ3v) is 2.63. The molecule has 0 radical (unpaired) electrons. The molecule has 0 unspecified atom stereocenters. The van der Waals surface area contributed by atoms with Crippen LogP contribution in [0.3, 0.4) is 0 Å². The second-order valence-corrected chi connectivity index (χ2v) is 4.43. The van der Waals surface area contributed by atoms with Gasteiger partial charge in [-0.15, -0.1) is 0 Å². The lowest BCUT2D eigenvalue weighted by molar-refractivity contribution is 1.25. The van der Waals surface area contributed by atoms with Crippen LogP contribution in [-0.2, 0) is 0 Å². The standard InChI is InChI=1S/C12H12.C4H8N2.2C2H6/c1-9-5-3-8-12-10(2)6-4-7-11(9)12;1-4(2)6-5-3;2*1-2/h3-8H,1-2H3;3H2,1-2H3;2*1-2H3. The predicted octanol–water partition coefficient (Wildman–Crippen LogP) is 6.59. The Kier molecular flexibility index (Phi) is 14.2. The quantitative estimate of drug-likeness (QED) is 0.419. The molecule has 2 heteroatoms. The van der Waals surface area contributed by atoms with E-state index in [9.17, 15) is 0 Å². The number of benzene rings is 2. The molecule has 0 bridgehead atoms. The second kappa shape index (κ2) is 14.0. The zero-order valence-corrected chi connectivity index (χ0v) is 15.6. The molecule has 0 saturated heterocycles. The van der Waals surface area contributed by atoms with Crippen molar-refractivity contribution >= 4 is 23.2 Å². The summed E-state index contributed by atoms with van der Waals surface area (Å²) in [5.41, 5.74) is 3.65. The van der Waals surface area contributed by atoms with Crippen LogP contribution in [0, 0.1) is 13.8 Å². The molecule has 0 aliphatic heterocycles. The Labute approximate surface area is 137 Å². The van der Waals surface area contributed by atoms with Crippen LogP contribution < -0.4 is 0 Å². The molecule has 2 aromatic rings. The van der Waals surface area contributed by atoms with Crippen molar-refractivity contribution in [3.05, 3.63) is 47.5 Å². The fourth-order valence-corrected chi connectivity index (χ4v) is 1.77. The van der Waals surface area contributed by atoms with Crippen LogP contribution in [0.5, 0.6) is 0 Å². The van der Waals surface area contributed by atoms with Crippen molar-refractivity contribution in [2.45, 2.75) is 55.4 Å². The van der Waals surface area contributed by atoms with Gasteiger partial charge in [0.05, 0.1) is 0 Å². The lowest BCUT2D eigenvalue weighted by atomic mass is 10.0. The van der Waals surface area contributed by atoms with Crippen LogP contribution in [0.2, 0.25) is 0 Å². The first kappa shape index (κ1) is 22.3. The highest BCUT2D eigenvalue weighted by Gasteiger charge is 1.96. The van der Waals surface area contributed by atoms with Gasteiger partial charge in [0.15, 0.2) is 0 Å². The highest BCUT2D eigenvalue weighted by Crippen LogP contribution is 2.20. The average molecular weight is 300 g/mol. The molecule has 0 spiro atoms. The van der Waals surface area contributed by atoms with Crippen molar-refractivity contribution < 1.29 is 0 Å². The van der Waals surface area contributed by atoms with Crippen molar-refractivity contribution in [2.75, 3.05) is 0 Å². The smallest absolute Gasteiger partial charge is 0.0343 e. The molecular formula is C20H32N2. The van der Waals surface area contributed by atoms with E-state index in [-0.39, 0.29) is 0 Å². The van der Waals surface area contributed by atoms with Gasteiger partial charge in [-0.3, -0.25) is 0 Å². The van der Waals surface area contributed by atoms with Crippen LogP contribution in [0.25, 0.3) is 10.8 Å². The Bertz CT molecular complexity index is 524. The Hall–Kier alpha value is -1.96. The van der Waals surface area contributed by atoms with Crippen LogP contribution in [-0.4, -0.2) is 12.4 Å². The summed E-state index contributed by atoms with van der Waals surface area (Å²) in [4.78, 5) is 0. The molecule has 0 heterocycles. The number of hydrogen-bond donors (Lipinski definition) is 0. The number of hydrogen-bond acceptors (Lipinski definition) is 2. The van der Waals surface area contributed by atoms with E-state index >= 15 is 0 Å². The average Bonchev–Trinajstić information content (AvgIpc) is 2.53. The van der Waals surface area contributed by atoms with Crippen LogP contribution >= 0.6 is 0 Å². The lowest BCUT2D eigenvalue weighted by Gasteiger charge is -2.03. The van der Waals surface area contributed by atoms with Crippen LogP contribution in [0.15, 0.2) is 46.6 Å². The van der Waals surface area contributed by atoms with Gasteiger partial charge in [0.2, 0.25) is 0 Å². The molecule has 22 heavy (non-hydrogen) atoms. The second-order valence-electron chi connectivity index (χ2n) is 4.43. The number of rotatable bonds is 1. The first-order valence-electron chi connectivity index (χ1n) is 7.98. The van der Waals surface area contributed by atoms with E-state index in [0.29, 0.717) is 0 Å². The van der Waals surface area contributed by atoms with Gasteiger partial charge in [-0.2, -0.15) is 10.2 Å². The van der Waals surface area contributed by atoms with E-state index in [2.05, 4.69) is 67.2 Å². The van der Waals surface area contributed by atoms with Gasteiger partial charge in [0.25, 0.3) is 0 Å². The summed E-state index contributed by atoms with van der Waals surface area (Å²) >= 11 is 0. The summed E-state index contributed by atoms with van der Waals surface area (Å²) in [7, 11) is 0. The maximum Gasteiger partial charge on any atom is 0.0343 e. The monoisotopic (exact) mass is 300 g/mol. The normalized spacial score (nSPS) is 8.18. The van der Waals surface area contributed by atoms with E-state index in [4.69, 9.17) is 0 Å². The molecule has 0 atom stereocenters. The van der Waals surface area contributed by atoms with Crippen molar-refractivity contribution in [3.63, 3.8) is 0 Å². The van der Waals surface area contributed by atoms with Gasteiger partial charge in [0, 0.05) is 12.4 Å². The molecule has 122 valence electrons. The molecule has 0 aliphatic rings. The van der Waals surface area contributed by atoms with E-state index < -0.39 is 0 Å². The number of aryl methyl sites for hydroxylation is 2. The third-order valence-electron chi connectivity index (χ3n) is 2.63. The maximum atomic E-state index is 3.56. The number of fused-ring (bicyclic) bond motifs is 1. The topological polar surface area (TPSA) is 24.7 Å². The zero-order chi connectivity index (χ0) is 17.5. The van der Waals surface area contributed by atoms with Gasteiger partial charge in [-0.25, -0.2) is 0 Å². The Morgan fingerprint density at radius 2 is 1.14 bits per heavy atom. The molecule has 0 saturated carbocycles. The van der Waals surface area contributed by atoms with Gasteiger partial charge in [-0.05, 0) is 49.6 Å². The minimum absolute atomic E-state index is 0.935. The summed E-state index contributed by atoms with van der Waals surface area (Å²) in [5.74, 6) is 0. The summed E-state index contributed by atoms with van der Waals surface area (Å²) in [5, 5.41) is 9.57. The Morgan fingerprint density at radius 1 is 0.773 bits per heavy atom. The molecule has 2 rings (SSSR count). The van der Waals surface area contributed by atoms with Gasteiger partial charge >= 0.3 is 0 Å². The molecule has 0 aliphatic carbocycles. The predicted molar refractivity (Wildman–Crippen MR) is 104 cm³/mol. The maximum absolute atomic E-state index is 3.56. The Morgan fingerprint density at radius 3 is 1.36 bits per heavy atom. The molecule has 2 aromatic carbocycles. The fourth-order valence-electron chi connectivity index (χ4n) is 1.77. The van der Waals surface area contributed by atoms with Crippen LogP contribution in [0.4, 0.5) is 0 Å². The number of nitrogens with zero attached hydrogens (tertiary/aromatic N) is 2. The molecule has 0 aromatic heterocycles. The summed E-state index contributed by atoms with van der Waals surface area (Å²) < 4.78 is 0. The first-order valence-corrected chi connectivity index (χ1v) is 7.98. The summed E-state index contributed by atoms with van der Waals surface area (Å²) in [6.45, 7) is 19.2. The third kappa shape index (κ3) is 8.35. The molecular weight excluding hydrogens is 268 g/mol. The minimum atomic E-state index is 0.935. The SMILES string of the molecule is C=NN=C(C)C.CC.CC.Cc1cccc2c(C)cccc12. The van der Waals surface area contributed by atoms with E-state index in [1.807, 2.05) is 41.5 Å². The highest BCUT2D eigenvalue weighted by atomic mass is 15.2. The molecule has 0 fully saturated rings. The molecule has 2 nitrogen and oxygen atoms in total. The van der Waals surface area contributed by atoms with Crippen molar-refractivity contribution in [1.29, 1.82) is 0 Å². The summed E-state index contributed by atoms with van der Waals surface area (Å²) in [6.07, 6.45) is 0. The van der Waals surface area contributed by atoms with Gasteiger partial charge in [0.1, 0.15) is 0 Å². The lowest BCUT2D eigenvalue weighted by Crippen LogP contribution is -1.80. The largest absolute Gasteiger partial charge is 0.167 e. The van der Waals surface area contributed by atoms with Crippen molar-refractivity contribution in [3.8, 4) is 0 Å². The van der Waals surface area contributed by atoms with Crippen molar-refractivity contribution in [2.24, 2.45) is 10.2 Å². The highest BCUT2D eigenvalue weighted by molar-refractivity contribution is 5.88. The van der Waals surface area contributed by atoms with E-state index in [0.717, 1.165) is 5.71 Å². The first-order chi connectivity index (χ1) is 10.6. The van der Waals surface area contributed by atoms with Crippen LogP contribution in [0.1, 0.15) is 52.7 Å². The van der Waals surface area contributed by atoms with Gasteiger partial charge in [-0.1, -0.05) is 64.1 Å². The minimum Gasteiger partial charge on any atom is -0.167 e. The van der Waals surface area contributed by atoms with Crippen molar-refractivity contribution in [1.82, 2.24) is 0 Å². The molecule has 0 amide bonds. The zero-order valence-electron chi connectivity index (χ0n) is 15.6. The van der Waals surface area contributed by atoms with Gasteiger partial charge < -0.3 is 0 Å². The van der Waals surface area contributed by atoms with E-state index in [1.54, 1.807) is 0 Å². The summed E-state index contributed by atoms with van der Waals surface area (Å²) in [6, 6.07) is 12.9. The Balaban J connectivity index is 0. The van der Waals surface area contributed by atoms with E-state index in [1.165, 1.54) is 21.9 Å². The molecule has 0 N–H and O–H groups in total. The fraction of sp³-hybridized carbons (Fsp3) is 0.400.